The summed E-state index contributed by atoms with van der Waals surface area (Å²) in [6.07, 6.45) is 0. The van der Waals surface area contributed by atoms with Crippen LogP contribution in [0.15, 0.2) is 46.9 Å². The molecule has 2 aromatic rings. The van der Waals surface area contributed by atoms with Gasteiger partial charge in [0.2, 0.25) is 0 Å². The highest BCUT2D eigenvalue weighted by Gasteiger charge is 2.03. The molecule has 1 amide bonds. The topological polar surface area (TPSA) is 41.1 Å². The molecule has 0 aliphatic heterocycles. The molecule has 0 saturated carbocycles. The van der Waals surface area contributed by atoms with E-state index < -0.39 is 0 Å². The number of nitrogens with one attached hydrogen (secondary N) is 2. The first-order chi connectivity index (χ1) is 9.60. The standard InChI is InChI=1S/C15H14BrClN2O/c1-18-15(20)11-4-2-10(3-5-11)9-19-14-8-12(16)6-7-13(14)17/h2-8,19H,9H2,1H3,(H,18,20). The molecular weight excluding hydrogens is 340 g/mol. The quantitative estimate of drug-likeness (QED) is 0.870. The van der Waals surface area contributed by atoms with E-state index >= 15 is 0 Å². The van der Waals surface area contributed by atoms with Crippen molar-refractivity contribution in [2.75, 3.05) is 12.4 Å². The fourth-order valence-electron chi connectivity index (χ4n) is 1.75. The maximum absolute atomic E-state index is 11.4. The van der Waals surface area contributed by atoms with Gasteiger partial charge in [0.05, 0.1) is 10.7 Å². The van der Waals surface area contributed by atoms with Gasteiger partial charge in [-0.3, -0.25) is 4.79 Å². The number of hydrogen-bond acceptors (Lipinski definition) is 2. The Kier molecular flexibility index (Phi) is 5.04. The van der Waals surface area contributed by atoms with Crippen molar-refractivity contribution in [2.45, 2.75) is 6.54 Å². The average molecular weight is 354 g/mol. The number of anilines is 1. The molecule has 0 saturated heterocycles. The summed E-state index contributed by atoms with van der Waals surface area (Å²) < 4.78 is 0.972. The average Bonchev–Trinajstić information content (AvgIpc) is 2.48. The highest BCUT2D eigenvalue weighted by atomic mass is 79.9. The first-order valence-electron chi connectivity index (χ1n) is 6.10. The molecule has 3 nitrogen and oxygen atoms in total. The van der Waals surface area contributed by atoms with E-state index in [1.54, 1.807) is 19.2 Å². The van der Waals surface area contributed by atoms with Crippen LogP contribution in [-0.4, -0.2) is 13.0 Å². The fraction of sp³-hybridized carbons (Fsp3) is 0.133. The van der Waals surface area contributed by atoms with E-state index in [1.165, 1.54) is 0 Å². The molecule has 0 fully saturated rings. The predicted octanol–water partition coefficient (Wildman–Crippen LogP) is 4.07. The zero-order chi connectivity index (χ0) is 14.5. The summed E-state index contributed by atoms with van der Waals surface area (Å²) in [5, 5.41) is 6.54. The van der Waals surface area contributed by atoms with Crippen molar-refractivity contribution < 1.29 is 4.79 Å². The molecule has 0 unspecified atom stereocenters. The molecule has 0 bridgehead atoms. The summed E-state index contributed by atoms with van der Waals surface area (Å²) in [7, 11) is 1.62. The lowest BCUT2D eigenvalue weighted by Crippen LogP contribution is -2.17. The van der Waals surface area contributed by atoms with E-state index in [-0.39, 0.29) is 5.91 Å². The molecule has 0 heterocycles. The Morgan fingerprint density at radius 2 is 1.90 bits per heavy atom. The van der Waals surface area contributed by atoms with Crippen LogP contribution in [0.5, 0.6) is 0 Å². The summed E-state index contributed by atoms with van der Waals surface area (Å²) in [6, 6.07) is 13.1. The van der Waals surface area contributed by atoms with Gasteiger partial charge in [-0.25, -0.2) is 0 Å². The van der Waals surface area contributed by atoms with Crippen molar-refractivity contribution in [1.82, 2.24) is 5.32 Å². The second-order valence-electron chi connectivity index (χ2n) is 4.25. The third-order valence-corrected chi connectivity index (χ3v) is 3.68. The molecule has 104 valence electrons. The third kappa shape index (κ3) is 3.74. The van der Waals surface area contributed by atoms with Crippen LogP contribution in [0.3, 0.4) is 0 Å². The van der Waals surface area contributed by atoms with Gasteiger partial charge >= 0.3 is 0 Å². The van der Waals surface area contributed by atoms with Crippen molar-refractivity contribution in [1.29, 1.82) is 0 Å². The maximum Gasteiger partial charge on any atom is 0.251 e. The highest BCUT2D eigenvalue weighted by Crippen LogP contribution is 2.26. The molecule has 0 aromatic heterocycles. The van der Waals surface area contributed by atoms with Crippen LogP contribution in [0.1, 0.15) is 15.9 Å². The van der Waals surface area contributed by atoms with Crippen LogP contribution in [0, 0.1) is 0 Å². The van der Waals surface area contributed by atoms with Crippen LogP contribution in [0.4, 0.5) is 5.69 Å². The van der Waals surface area contributed by atoms with Gasteiger partial charge in [0.1, 0.15) is 0 Å². The van der Waals surface area contributed by atoms with E-state index in [4.69, 9.17) is 11.6 Å². The molecule has 0 spiro atoms. The Morgan fingerprint density at radius 3 is 2.55 bits per heavy atom. The van der Waals surface area contributed by atoms with Gasteiger partial charge in [0.25, 0.3) is 5.91 Å². The third-order valence-electron chi connectivity index (χ3n) is 2.85. The van der Waals surface area contributed by atoms with Gasteiger partial charge in [-0.2, -0.15) is 0 Å². The van der Waals surface area contributed by atoms with Crippen molar-refractivity contribution in [3.63, 3.8) is 0 Å². The monoisotopic (exact) mass is 352 g/mol. The fourth-order valence-corrected chi connectivity index (χ4v) is 2.29. The summed E-state index contributed by atoms with van der Waals surface area (Å²) in [6.45, 7) is 0.643. The van der Waals surface area contributed by atoms with Gasteiger partial charge in [-0.15, -0.1) is 0 Å². The minimum atomic E-state index is -0.0838. The smallest absolute Gasteiger partial charge is 0.251 e. The number of benzene rings is 2. The minimum absolute atomic E-state index is 0.0838. The van der Waals surface area contributed by atoms with E-state index in [1.807, 2.05) is 30.3 Å². The molecule has 2 aromatic carbocycles. The van der Waals surface area contributed by atoms with Gasteiger partial charge in [-0.05, 0) is 35.9 Å². The normalized spacial score (nSPS) is 10.2. The van der Waals surface area contributed by atoms with E-state index in [0.717, 1.165) is 15.7 Å². The van der Waals surface area contributed by atoms with Gasteiger partial charge in [-0.1, -0.05) is 39.7 Å². The number of rotatable bonds is 4. The minimum Gasteiger partial charge on any atom is -0.380 e. The Hall–Kier alpha value is -1.52. The Balaban J connectivity index is 2.04. The molecule has 20 heavy (non-hydrogen) atoms. The van der Waals surface area contributed by atoms with Crippen molar-refractivity contribution in [3.8, 4) is 0 Å². The van der Waals surface area contributed by atoms with Crippen LogP contribution >= 0.6 is 27.5 Å². The van der Waals surface area contributed by atoms with Gasteiger partial charge in [0.15, 0.2) is 0 Å². The molecule has 0 atom stereocenters. The highest BCUT2D eigenvalue weighted by molar-refractivity contribution is 9.10. The first-order valence-corrected chi connectivity index (χ1v) is 7.27. The maximum atomic E-state index is 11.4. The lowest BCUT2D eigenvalue weighted by molar-refractivity contribution is 0.0963. The SMILES string of the molecule is CNC(=O)c1ccc(CNc2cc(Br)ccc2Cl)cc1. The van der Waals surface area contributed by atoms with Crippen molar-refractivity contribution in [3.05, 3.63) is 63.1 Å². The zero-order valence-electron chi connectivity index (χ0n) is 10.9. The molecule has 0 radical (unpaired) electrons. The zero-order valence-corrected chi connectivity index (χ0v) is 13.3. The second-order valence-corrected chi connectivity index (χ2v) is 5.58. The number of amides is 1. The molecule has 5 heteroatoms. The van der Waals surface area contributed by atoms with E-state index in [0.29, 0.717) is 17.1 Å². The Morgan fingerprint density at radius 1 is 1.20 bits per heavy atom. The van der Waals surface area contributed by atoms with Crippen molar-refractivity contribution in [2.24, 2.45) is 0 Å². The van der Waals surface area contributed by atoms with E-state index in [9.17, 15) is 4.79 Å². The largest absolute Gasteiger partial charge is 0.380 e. The molecule has 2 N–H and O–H groups in total. The predicted molar refractivity (Wildman–Crippen MR) is 86.3 cm³/mol. The summed E-state index contributed by atoms with van der Waals surface area (Å²) in [4.78, 5) is 11.4. The van der Waals surface area contributed by atoms with Crippen LogP contribution in [0.25, 0.3) is 0 Å². The number of carbonyl (C=O) groups excluding carboxylic acids is 1. The van der Waals surface area contributed by atoms with E-state index in [2.05, 4.69) is 26.6 Å². The van der Waals surface area contributed by atoms with Gasteiger partial charge in [0, 0.05) is 23.6 Å². The summed E-state index contributed by atoms with van der Waals surface area (Å²) >= 11 is 9.52. The summed E-state index contributed by atoms with van der Waals surface area (Å²) in [5.74, 6) is -0.0838. The van der Waals surface area contributed by atoms with Crippen molar-refractivity contribution >= 4 is 39.1 Å². The van der Waals surface area contributed by atoms with Crippen LogP contribution < -0.4 is 10.6 Å². The van der Waals surface area contributed by atoms with Crippen LogP contribution in [-0.2, 0) is 6.54 Å². The second kappa shape index (κ2) is 6.77. The molecular formula is C15H14BrClN2O. The molecule has 0 aliphatic rings. The van der Waals surface area contributed by atoms with Crippen LogP contribution in [0.2, 0.25) is 5.02 Å². The Bertz CT molecular complexity index is 614. The first kappa shape index (κ1) is 14.9. The number of hydrogen-bond donors (Lipinski definition) is 2. The number of halogens is 2. The molecule has 0 aliphatic carbocycles. The Labute approximate surface area is 131 Å². The lowest BCUT2D eigenvalue weighted by Gasteiger charge is -2.09. The van der Waals surface area contributed by atoms with Gasteiger partial charge < -0.3 is 10.6 Å². The number of carbonyl (C=O) groups is 1. The lowest BCUT2D eigenvalue weighted by atomic mass is 10.1. The summed E-state index contributed by atoms with van der Waals surface area (Å²) in [5.41, 5.74) is 2.60. The molecule has 2 rings (SSSR count).